The maximum absolute atomic E-state index is 13.1. The van der Waals surface area contributed by atoms with Gasteiger partial charge in [0.15, 0.2) is 0 Å². The van der Waals surface area contributed by atoms with Crippen LogP contribution in [0.4, 0.5) is 13.2 Å². The summed E-state index contributed by atoms with van der Waals surface area (Å²) in [7, 11) is 0. The van der Waals surface area contributed by atoms with Gasteiger partial charge < -0.3 is 5.32 Å². The fourth-order valence-electron chi connectivity index (χ4n) is 3.60. The van der Waals surface area contributed by atoms with Gasteiger partial charge in [-0.05, 0) is 43.2 Å². The molecule has 1 aromatic rings. The molecule has 0 saturated heterocycles. The third kappa shape index (κ3) is 3.60. The molecule has 2 rings (SSSR count). The van der Waals surface area contributed by atoms with E-state index >= 15 is 0 Å². The van der Waals surface area contributed by atoms with Gasteiger partial charge in [-0.2, -0.15) is 13.2 Å². The van der Waals surface area contributed by atoms with E-state index in [0.717, 1.165) is 12.8 Å². The third-order valence-corrected chi connectivity index (χ3v) is 4.95. The van der Waals surface area contributed by atoms with Crippen molar-refractivity contribution in [1.82, 2.24) is 5.32 Å². The lowest BCUT2D eigenvalue weighted by molar-refractivity contribution is -0.138. The highest BCUT2D eigenvalue weighted by Gasteiger charge is 2.36. The van der Waals surface area contributed by atoms with Gasteiger partial charge in [0.25, 0.3) is 0 Å². The highest BCUT2D eigenvalue weighted by molar-refractivity contribution is 5.32. The molecule has 0 amide bonds. The van der Waals surface area contributed by atoms with Crippen molar-refractivity contribution in [3.63, 3.8) is 0 Å². The van der Waals surface area contributed by atoms with Crippen molar-refractivity contribution in [2.45, 2.75) is 58.3 Å². The number of hydrogen-bond acceptors (Lipinski definition) is 1. The lowest BCUT2D eigenvalue weighted by atomic mass is 9.92. The number of nitrogens with one attached hydrogen (secondary N) is 1. The maximum atomic E-state index is 13.1. The van der Waals surface area contributed by atoms with E-state index < -0.39 is 11.7 Å². The molecule has 1 aliphatic carbocycles. The van der Waals surface area contributed by atoms with E-state index in [1.54, 1.807) is 12.1 Å². The van der Waals surface area contributed by atoms with Crippen LogP contribution < -0.4 is 5.32 Å². The summed E-state index contributed by atoms with van der Waals surface area (Å²) < 4.78 is 39.3. The SMILES string of the molecule is CCC1CCC(NC(C)c2ccccc2C(F)(F)F)C1C. The average Bonchev–Trinajstić information content (AvgIpc) is 2.78. The molecule has 1 aliphatic rings. The Morgan fingerprint density at radius 3 is 2.48 bits per heavy atom. The molecule has 0 aromatic heterocycles. The van der Waals surface area contributed by atoms with E-state index in [-0.39, 0.29) is 6.04 Å². The van der Waals surface area contributed by atoms with E-state index in [9.17, 15) is 13.2 Å². The molecule has 4 heteroatoms. The summed E-state index contributed by atoms with van der Waals surface area (Å²) in [6.07, 6.45) is -0.923. The van der Waals surface area contributed by atoms with Crippen LogP contribution in [-0.2, 0) is 6.18 Å². The summed E-state index contributed by atoms with van der Waals surface area (Å²) in [5.41, 5.74) is -0.181. The topological polar surface area (TPSA) is 12.0 Å². The van der Waals surface area contributed by atoms with Crippen LogP contribution >= 0.6 is 0 Å². The lowest BCUT2D eigenvalue weighted by Gasteiger charge is -2.27. The minimum Gasteiger partial charge on any atom is -0.307 e. The van der Waals surface area contributed by atoms with E-state index in [1.165, 1.54) is 18.6 Å². The molecule has 1 aromatic carbocycles. The Balaban J connectivity index is 2.13. The van der Waals surface area contributed by atoms with E-state index in [2.05, 4.69) is 19.2 Å². The highest BCUT2D eigenvalue weighted by Crippen LogP contribution is 2.37. The van der Waals surface area contributed by atoms with Crippen LogP contribution in [0.3, 0.4) is 0 Å². The molecule has 0 heterocycles. The first-order valence-corrected chi connectivity index (χ1v) is 7.76. The predicted molar refractivity (Wildman–Crippen MR) is 79.0 cm³/mol. The molecule has 1 saturated carbocycles. The van der Waals surface area contributed by atoms with E-state index in [4.69, 9.17) is 0 Å². The summed E-state index contributed by atoms with van der Waals surface area (Å²) in [6.45, 7) is 6.23. The van der Waals surface area contributed by atoms with Crippen LogP contribution in [0.5, 0.6) is 0 Å². The summed E-state index contributed by atoms with van der Waals surface area (Å²) in [5, 5.41) is 3.42. The maximum Gasteiger partial charge on any atom is 0.416 e. The summed E-state index contributed by atoms with van der Waals surface area (Å²) in [6, 6.07) is 5.90. The lowest BCUT2D eigenvalue weighted by Crippen LogP contribution is -2.35. The summed E-state index contributed by atoms with van der Waals surface area (Å²) in [4.78, 5) is 0. The molecule has 0 aliphatic heterocycles. The Hall–Kier alpha value is -1.03. The Labute approximate surface area is 124 Å². The van der Waals surface area contributed by atoms with Crippen LogP contribution in [-0.4, -0.2) is 6.04 Å². The number of benzene rings is 1. The molecule has 0 spiro atoms. The second-order valence-electron chi connectivity index (χ2n) is 6.18. The zero-order chi connectivity index (χ0) is 15.6. The Kier molecular flexibility index (Phi) is 4.97. The standard InChI is InChI=1S/C17H24F3N/c1-4-13-9-10-16(11(13)2)21-12(3)14-7-5-6-8-15(14)17(18,19)20/h5-8,11-13,16,21H,4,9-10H2,1-3H3. The van der Waals surface area contributed by atoms with Gasteiger partial charge in [0.2, 0.25) is 0 Å². The molecular weight excluding hydrogens is 275 g/mol. The van der Waals surface area contributed by atoms with Gasteiger partial charge in [0.1, 0.15) is 0 Å². The Bertz CT molecular complexity index is 469. The van der Waals surface area contributed by atoms with Gasteiger partial charge in [0, 0.05) is 12.1 Å². The van der Waals surface area contributed by atoms with Crippen LogP contribution in [0, 0.1) is 11.8 Å². The average molecular weight is 299 g/mol. The van der Waals surface area contributed by atoms with Crippen LogP contribution in [0.2, 0.25) is 0 Å². The first-order valence-electron chi connectivity index (χ1n) is 7.76. The molecule has 21 heavy (non-hydrogen) atoms. The van der Waals surface area contributed by atoms with Crippen molar-refractivity contribution in [2.75, 3.05) is 0 Å². The van der Waals surface area contributed by atoms with Crippen molar-refractivity contribution >= 4 is 0 Å². The number of alkyl halides is 3. The van der Waals surface area contributed by atoms with Crippen LogP contribution in [0.1, 0.15) is 57.2 Å². The molecular formula is C17H24F3N. The second kappa shape index (κ2) is 6.39. The van der Waals surface area contributed by atoms with Crippen LogP contribution in [0.15, 0.2) is 24.3 Å². The van der Waals surface area contributed by atoms with E-state index in [0.29, 0.717) is 23.4 Å². The number of halogens is 3. The number of rotatable bonds is 4. The van der Waals surface area contributed by atoms with Crippen molar-refractivity contribution in [3.05, 3.63) is 35.4 Å². The minimum absolute atomic E-state index is 0.286. The molecule has 1 nitrogen and oxygen atoms in total. The zero-order valence-electron chi connectivity index (χ0n) is 12.9. The van der Waals surface area contributed by atoms with Crippen molar-refractivity contribution < 1.29 is 13.2 Å². The van der Waals surface area contributed by atoms with Gasteiger partial charge in [-0.3, -0.25) is 0 Å². The molecule has 4 unspecified atom stereocenters. The number of hydrogen-bond donors (Lipinski definition) is 1. The third-order valence-electron chi connectivity index (χ3n) is 4.95. The summed E-state index contributed by atoms with van der Waals surface area (Å²) >= 11 is 0. The van der Waals surface area contributed by atoms with Crippen molar-refractivity contribution in [2.24, 2.45) is 11.8 Å². The monoisotopic (exact) mass is 299 g/mol. The molecule has 4 atom stereocenters. The van der Waals surface area contributed by atoms with Crippen molar-refractivity contribution in [1.29, 1.82) is 0 Å². The highest BCUT2D eigenvalue weighted by atomic mass is 19.4. The molecule has 0 radical (unpaired) electrons. The molecule has 1 N–H and O–H groups in total. The summed E-state index contributed by atoms with van der Waals surface area (Å²) in [5.74, 6) is 1.21. The first kappa shape index (κ1) is 16.3. The van der Waals surface area contributed by atoms with Gasteiger partial charge >= 0.3 is 6.18 Å². The Morgan fingerprint density at radius 1 is 1.24 bits per heavy atom. The smallest absolute Gasteiger partial charge is 0.307 e. The molecule has 1 fully saturated rings. The van der Waals surface area contributed by atoms with Gasteiger partial charge in [-0.15, -0.1) is 0 Å². The van der Waals surface area contributed by atoms with Gasteiger partial charge in [-0.25, -0.2) is 0 Å². The minimum atomic E-state index is -4.29. The normalized spacial score (nSPS) is 27.8. The second-order valence-corrected chi connectivity index (χ2v) is 6.18. The van der Waals surface area contributed by atoms with Gasteiger partial charge in [-0.1, -0.05) is 38.5 Å². The molecule has 118 valence electrons. The zero-order valence-corrected chi connectivity index (χ0v) is 12.9. The fraction of sp³-hybridized carbons (Fsp3) is 0.647. The molecule has 0 bridgehead atoms. The fourth-order valence-corrected chi connectivity index (χ4v) is 3.60. The predicted octanol–water partition coefficient (Wildman–Crippen LogP) is 5.18. The first-order chi connectivity index (χ1) is 9.84. The Morgan fingerprint density at radius 2 is 1.90 bits per heavy atom. The quantitative estimate of drug-likeness (QED) is 0.807. The van der Waals surface area contributed by atoms with E-state index in [1.807, 2.05) is 6.92 Å². The van der Waals surface area contributed by atoms with Crippen molar-refractivity contribution in [3.8, 4) is 0 Å². The van der Waals surface area contributed by atoms with Crippen LogP contribution in [0.25, 0.3) is 0 Å². The largest absolute Gasteiger partial charge is 0.416 e. The van der Waals surface area contributed by atoms with Gasteiger partial charge in [0.05, 0.1) is 5.56 Å².